The van der Waals surface area contributed by atoms with Crippen molar-refractivity contribution in [1.29, 1.82) is 0 Å². The van der Waals surface area contributed by atoms with Crippen molar-refractivity contribution in [3.05, 3.63) is 72.4 Å². The fraction of sp³-hybridized carbons (Fsp3) is 0.158. The molecule has 3 rings (SSSR count). The summed E-state index contributed by atoms with van der Waals surface area (Å²) in [5, 5.41) is 1.00. The van der Waals surface area contributed by atoms with E-state index in [0.717, 1.165) is 22.2 Å². The van der Waals surface area contributed by atoms with E-state index in [9.17, 15) is 4.79 Å². The van der Waals surface area contributed by atoms with Crippen LogP contribution in [-0.2, 0) is 11.2 Å². The molecule has 4 heteroatoms. The van der Waals surface area contributed by atoms with Crippen molar-refractivity contribution in [2.24, 2.45) is 5.73 Å². The van der Waals surface area contributed by atoms with Crippen LogP contribution in [0, 0.1) is 0 Å². The summed E-state index contributed by atoms with van der Waals surface area (Å²) in [5.41, 5.74) is 8.88. The Bertz CT molecular complexity index is 817. The first-order valence-corrected chi connectivity index (χ1v) is 7.57. The molecule has 0 aliphatic carbocycles. The van der Waals surface area contributed by atoms with Crippen molar-refractivity contribution < 1.29 is 4.79 Å². The molecule has 0 spiro atoms. The highest BCUT2D eigenvalue weighted by Crippen LogP contribution is 2.20. The quantitative estimate of drug-likeness (QED) is 0.806. The van der Waals surface area contributed by atoms with Gasteiger partial charge in [-0.1, -0.05) is 36.4 Å². The van der Waals surface area contributed by atoms with Gasteiger partial charge in [0.25, 0.3) is 0 Å². The number of benzene rings is 2. The van der Waals surface area contributed by atoms with Gasteiger partial charge in [0.2, 0.25) is 5.91 Å². The Morgan fingerprint density at radius 1 is 1.13 bits per heavy atom. The minimum Gasteiger partial charge on any atom is -0.320 e. The number of carbonyl (C=O) groups excluding carboxylic acids is 1. The number of hydrogen-bond donors (Lipinski definition) is 1. The summed E-state index contributed by atoms with van der Waals surface area (Å²) in [7, 11) is 1.75. The standard InChI is InChI=1S/C19H19N3O/c1-22(16-9-10-18-15(13-16)8-5-11-21-18)19(23)17(20)12-14-6-3-2-4-7-14/h2-11,13,17H,12,20H2,1H3/t17-/m0/s1. The molecule has 116 valence electrons. The maximum atomic E-state index is 12.6. The summed E-state index contributed by atoms with van der Waals surface area (Å²) in [6, 6.07) is 18.9. The van der Waals surface area contributed by atoms with E-state index in [1.165, 1.54) is 0 Å². The number of rotatable bonds is 4. The smallest absolute Gasteiger partial charge is 0.243 e. The number of nitrogens with zero attached hydrogens (tertiary/aromatic N) is 2. The van der Waals surface area contributed by atoms with Crippen molar-refractivity contribution in [1.82, 2.24) is 4.98 Å². The number of carbonyl (C=O) groups is 1. The molecule has 1 heterocycles. The molecule has 1 amide bonds. The second kappa shape index (κ2) is 6.58. The van der Waals surface area contributed by atoms with E-state index >= 15 is 0 Å². The number of hydrogen-bond acceptors (Lipinski definition) is 3. The third-order valence-electron chi connectivity index (χ3n) is 3.92. The highest BCUT2D eigenvalue weighted by atomic mass is 16.2. The van der Waals surface area contributed by atoms with Gasteiger partial charge in [0.15, 0.2) is 0 Å². The Morgan fingerprint density at radius 3 is 2.70 bits per heavy atom. The minimum absolute atomic E-state index is 0.0999. The van der Waals surface area contributed by atoms with Crippen LogP contribution in [0.1, 0.15) is 5.56 Å². The first-order valence-electron chi connectivity index (χ1n) is 7.57. The molecule has 1 aromatic heterocycles. The molecule has 3 aromatic rings. The molecule has 0 unspecified atom stereocenters. The highest BCUT2D eigenvalue weighted by Gasteiger charge is 2.19. The summed E-state index contributed by atoms with van der Waals surface area (Å²) in [4.78, 5) is 18.5. The Balaban J connectivity index is 1.77. The van der Waals surface area contributed by atoms with Gasteiger partial charge in [-0.3, -0.25) is 9.78 Å². The second-order valence-electron chi connectivity index (χ2n) is 5.57. The average molecular weight is 305 g/mol. The van der Waals surface area contributed by atoms with Gasteiger partial charge in [-0.25, -0.2) is 0 Å². The third kappa shape index (κ3) is 3.38. The Kier molecular flexibility index (Phi) is 4.35. The van der Waals surface area contributed by atoms with Crippen LogP contribution in [0.15, 0.2) is 66.9 Å². The average Bonchev–Trinajstić information content (AvgIpc) is 2.61. The fourth-order valence-electron chi connectivity index (χ4n) is 2.60. The largest absolute Gasteiger partial charge is 0.320 e. The first-order chi connectivity index (χ1) is 11.1. The van der Waals surface area contributed by atoms with Crippen LogP contribution in [0.2, 0.25) is 0 Å². The lowest BCUT2D eigenvalue weighted by Gasteiger charge is -2.22. The monoisotopic (exact) mass is 305 g/mol. The molecule has 2 aromatic carbocycles. The Hall–Kier alpha value is -2.72. The first kappa shape index (κ1) is 15.2. The molecule has 0 fully saturated rings. The fourth-order valence-corrected chi connectivity index (χ4v) is 2.60. The number of aromatic nitrogens is 1. The maximum absolute atomic E-state index is 12.6. The number of fused-ring (bicyclic) bond motifs is 1. The van der Waals surface area contributed by atoms with Crippen LogP contribution in [-0.4, -0.2) is 24.0 Å². The molecule has 4 nitrogen and oxygen atoms in total. The number of amides is 1. The van der Waals surface area contributed by atoms with Crippen LogP contribution in [0.5, 0.6) is 0 Å². The molecule has 0 aliphatic rings. The van der Waals surface area contributed by atoms with Crippen LogP contribution in [0.4, 0.5) is 5.69 Å². The molecule has 0 radical (unpaired) electrons. The number of pyridine rings is 1. The van der Waals surface area contributed by atoms with Crippen LogP contribution >= 0.6 is 0 Å². The summed E-state index contributed by atoms with van der Waals surface area (Å²) in [6.45, 7) is 0. The van der Waals surface area contributed by atoms with E-state index in [2.05, 4.69) is 4.98 Å². The minimum atomic E-state index is -0.563. The van der Waals surface area contributed by atoms with E-state index < -0.39 is 6.04 Å². The number of anilines is 1. The molecule has 0 saturated carbocycles. The predicted molar refractivity (Wildman–Crippen MR) is 93.3 cm³/mol. The van der Waals surface area contributed by atoms with Crippen LogP contribution < -0.4 is 10.6 Å². The van der Waals surface area contributed by atoms with E-state index in [0.29, 0.717) is 6.42 Å². The van der Waals surface area contributed by atoms with E-state index in [4.69, 9.17) is 5.73 Å². The molecular weight excluding hydrogens is 286 g/mol. The predicted octanol–water partition coefficient (Wildman–Crippen LogP) is 2.77. The van der Waals surface area contributed by atoms with Crippen molar-refractivity contribution in [2.45, 2.75) is 12.5 Å². The molecule has 1 atom stereocenters. The lowest BCUT2D eigenvalue weighted by atomic mass is 10.1. The lowest BCUT2D eigenvalue weighted by Crippen LogP contribution is -2.43. The van der Waals surface area contributed by atoms with Gasteiger partial charge in [-0.05, 0) is 36.2 Å². The molecule has 0 saturated heterocycles. The van der Waals surface area contributed by atoms with Gasteiger partial charge in [-0.2, -0.15) is 0 Å². The van der Waals surface area contributed by atoms with Crippen molar-refractivity contribution in [3.8, 4) is 0 Å². The van der Waals surface area contributed by atoms with Crippen LogP contribution in [0.25, 0.3) is 10.9 Å². The van der Waals surface area contributed by atoms with Gasteiger partial charge < -0.3 is 10.6 Å². The van der Waals surface area contributed by atoms with Gasteiger partial charge in [0.1, 0.15) is 0 Å². The SMILES string of the molecule is CN(C(=O)[C@@H](N)Cc1ccccc1)c1ccc2ncccc2c1. The van der Waals surface area contributed by atoms with Crippen molar-refractivity contribution >= 4 is 22.5 Å². The van der Waals surface area contributed by atoms with Gasteiger partial charge in [0.05, 0.1) is 11.6 Å². The lowest BCUT2D eigenvalue weighted by molar-refractivity contribution is -0.119. The molecule has 0 aliphatic heterocycles. The summed E-state index contributed by atoms with van der Waals surface area (Å²) >= 11 is 0. The molecule has 0 bridgehead atoms. The third-order valence-corrected chi connectivity index (χ3v) is 3.92. The normalized spacial score (nSPS) is 12.1. The van der Waals surface area contributed by atoms with E-state index in [1.54, 1.807) is 18.1 Å². The second-order valence-corrected chi connectivity index (χ2v) is 5.57. The van der Waals surface area contributed by atoms with Crippen molar-refractivity contribution in [3.63, 3.8) is 0 Å². The molecular formula is C19H19N3O. The van der Waals surface area contributed by atoms with E-state index in [-0.39, 0.29) is 5.91 Å². The maximum Gasteiger partial charge on any atom is 0.243 e. The Labute approximate surface area is 135 Å². The number of likely N-dealkylation sites (N-methyl/N-ethyl adjacent to an activating group) is 1. The zero-order valence-corrected chi connectivity index (χ0v) is 13.0. The highest BCUT2D eigenvalue weighted by molar-refractivity contribution is 5.98. The van der Waals surface area contributed by atoms with Crippen molar-refractivity contribution in [2.75, 3.05) is 11.9 Å². The van der Waals surface area contributed by atoms with Gasteiger partial charge >= 0.3 is 0 Å². The molecule has 2 N–H and O–H groups in total. The Morgan fingerprint density at radius 2 is 1.91 bits per heavy atom. The van der Waals surface area contributed by atoms with Gasteiger partial charge in [-0.15, -0.1) is 0 Å². The topological polar surface area (TPSA) is 59.2 Å². The zero-order chi connectivity index (χ0) is 16.2. The summed E-state index contributed by atoms with van der Waals surface area (Å²) in [5.74, 6) is -0.0999. The zero-order valence-electron chi connectivity index (χ0n) is 13.0. The molecule has 23 heavy (non-hydrogen) atoms. The number of nitrogens with two attached hydrogens (primary N) is 1. The summed E-state index contributed by atoms with van der Waals surface area (Å²) in [6.07, 6.45) is 2.28. The summed E-state index contributed by atoms with van der Waals surface area (Å²) < 4.78 is 0. The van der Waals surface area contributed by atoms with E-state index in [1.807, 2.05) is 60.7 Å². The van der Waals surface area contributed by atoms with Gasteiger partial charge in [0, 0.05) is 24.3 Å². The van der Waals surface area contributed by atoms with Crippen LogP contribution in [0.3, 0.4) is 0 Å².